The van der Waals surface area contributed by atoms with Gasteiger partial charge in [0, 0.05) is 44.4 Å². The van der Waals surface area contributed by atoms with Gasteiger partial charge in [-0.2, -0.15) is 8.78 Å². The fourth-order valence-corrected chi connectivity index (χ4v) is 3.42. The average Bonchev–Trinajstić information content (AvgIpc) is 2.74. The molecule has 0 aliphatic carbocycles. The lowest BCUT2D eigenvalue weighted by molar-refractivity contribution is -0.117. The highest BCUT2D eigenvalue weighted by Gasteiger charge is 2.20. The van der Waals surface area contributed by atoms with E-state index in [-0.39, 0.29) is 17.7 Å². The second-order valence-corrected chi connectivity index (χ2v) is 7.33. The van der Waals surface area contributed by atoms with Gasteiger partial charge in [0.05, 0.1) is 6.04 Å². The van der Waals surface area contributed by atoms with Crippen molar-refractivity contribution in [2.24, 2.45) is 0 Å². The van der Waals surface area contributed by atoms with Gasteiger partial charge in [-0.3, -0.25) is 9.69 Å². The smallest absolute Gasteiger partial charge is 0.387 e. The molecule has 160 valence electrons. The van der Waals surface area contributed by atoms with Crippen molar-refractivity contribution in [1.82, 2.24) is 15.1 Å². The fraction of sp³-hybridized carbons (Fsp3) is 0.348. The first kappa shape index (κ1) is 21.9. The van der Waals surface area contributed by atoms with Gasteiger partial charge in [0.2, 0.25) is 5.91 Å². The van der Waals surface area contributed by atoms with E-state index in [1.807, 2.05) is 30.3 Å². The number of carbonyl (C=O) groups excluding carboxylic acids is 1. The van der Waals surface area contributed by atoms with E-state index in [2.05, 4.69) is 26.9 Å². The molecule has 1 aliphatic heterocycles. The van der Waals surface area contributed by atoms with Crippen molar-refractivity contribution >= 4 is 12.0 Å². The van der Waals surface area contributed by atoms with Crippen molar-refractivity contribution in [2.75, 3.05) is 39.8 Å². The number of hydrogen-bond donors (Lipinski definition) is 1. The van der Waals surface area contributed by atoms with Crippen LogP contribution in [-0.4, -0.2) is 62.1 Å². The molecule has 0 saturated carbocycles. The van der Waals surface area contributed by atoms with Crippen LogP contribution in [-0.2, 0) is 4.79 Å². The molecule has 1 unspecified atom stereocenters. The molecule has 2 aromatic rings. The van der Waals surface area contributed by atoms with Crippen molar-refractivity contribution in [1.29, 1.82) is 0 Å². The Morgan fingerprint density at radius 3 is 2.43 bits per heavy atom. The van der Waals surface area contributed by atoms with Crippen LogP contribution in [0.25, 0.3) is 6.08 Å². The molecule has 0 spiro atoms. The number of piperazine rings is 1. The third-order valence-electron chi connectivity index (χ3n) is 5.10. The predicted octanol–water partition coefficient (Wildman–Crippen LogP) is 3.41. The fourth-order valence-electron chi connectivity index (χ4n) is 3.42. The highest BCUT2D eigenvalue weighted by molar-refractivity contribution is 5.92. The molecular formula is C23H27F2N3O2. The number of benzene rings is 2. The van der Waals surface area contributed by atoms with E-state index in [1.165, 1.54) is 18.2 Å². The molecule has 1 heterocycles. The summed E-state index contributed by atoms with van der Waals surface area (Å²) in [6.45, 7) is 1.68. The maximum atomic E-state index is 12.6. The molecule has 1 fully saturated rings. The number of nitrogens with one attached hydrogen (secondary N) is 1. The molecule has 0 bridgehead atoms. The summed E-state index contributed by atoms with van der Waals surface area (Å²) in [7, 11) is 2.11. The van der Waals surface area contributed by atoms with Crippen LogP contribution in [0.3, 0.4) is 0 Å². The molecule has 3 rings (SSSR count). The summed E-state index contributed by atoms with van der Waals surface area (Å²) in [6.07, 6.45) is 2.85. The first-order valence-electron chi connectivity index (χ1n) is 9.99. The van der Waals surface area contributed by atoms with Crippen molar-refractivity contribution in [2.45, 2.75) is 12.7 Å². The number of carbonyl (C=O) groups is 1. The molecule has 0 aromatic heterocycles. The lowest BCUT2D eigenvalue weighted by Gasteiger charge is -2.34. The molecule has 1 aliphatic rings. The van der Waals surface area contributed by atoms with Crippen LogP contribution in [0.2, 0.25) is 0 Å². The van der Waals surface area contributed by atoms with Crippen LogP contribution >= 0.6 is 0 Å². The maximum absolute atomic E-state index is 12.6. The second-order valence-electron chi connectivity index (χ2n) is 7.33. The van der Waals surface area contributed by atoms with Gasteiger partial charge in [-0.15, -0.1) is 0 Å². The minimum Gasteiger partial charge on any atom is -0.434 e. The number of ether oxygens (including phenoxy) is 1. The number of likely N-dealkylation sites (N-methyl/N-ethyl adjacent to an activating group) is 1. The van der Waals surface area contributed by atoms with E-state index in [4.69, 9.17) is 0 Å². The minimum absolute atomic E-state index is 0.0357. The van der Waals surface area contributed by atoms with Crippen molar-refractivity contribution in [3.63, 3.8) is 0 Å². The topological polar surface area (TPSA) is 44.8 Å². The van der Waals surface area contributed by atoms with Crippen LogP contribution in [0.1, 0.15) is 17.2 Å². The van der Waals surface area contributed by atoms with Crippen LogP contribution in [0.5, 0.6) is 5.75 Å². The summed E-state index contributed by atoms with van der Waals surface area (Å²) >= 11 is 0. The zero-order valence-corrected chi connectivity index (χ0v) is 17.0. The molecule has 2 aromatic carbocycles. The van der Waals surface area contributed by atoms with E-state index in [9.17, 15) is 13.6 Å². The van der Waals surface area contributed by atoms with Gasteiger partial charge in [0.15, 0.2) is 0 Å². The standard InChI is InChI=1S/C23H27F2N3O2/c1-27-13-15-28(16-14-27)17-20(18-7-3-2-4-8-18)26-22(29)12-11-19-9-5-6-10-21(19)30-23(24)25/h2-12,20,23H,13-17H2,1H3,(H,26,29)/b12-11+. The Labute approximate surface area is 175 Å². The normalized spacial score (nSPS) is 16.7. The van der Waals surface area contributed by atoms with Gasteiger partial charge in [0.25, 0.3) is 0 Å². The molecule has 1 N–H and O–H groups in total. The summed E-state index contributed by atoms with van der Waals surface area (Å²) in [6, 6.07) is 16.1. The van der Waals surface area contributed by atoms with E-state index in [0.29, 0.717) is 12.1 Å². The van der Waals surface area contributed by atoms with Crippen LogP contribution in [0, 0.1) is 0 Å². The molecule has 1 atom stereocenters. The van der Waals surface area contributed by atoms with Crippen molar-refractivity contribution in [3.8, 4) is 5.75 Å². The summed E-state index contributed by atoms with van der Waals surface area (Å²) < 4.78 is 29.7. The predicted molar refractivity (Wildman–Crippen MR) is 113 cm³/mol. The van der Waals surface area contributed by atoms with Gasteiger partial charge in [-0.1, -0.05) is 48.5 Å². The SMILES string of the molecule is CN1CCN(CC(NC(=O)/C=C/c2ccccc2OC(F)F)c2ccccc2)CC1. The Bertz CT molecular complexity index is 837. The summed E-state index contributed by atoms with van der Waals surface area (Å²) in [5, 5.41) is 3.05. The largest absolute Gasteiger partial charge is 0.434 e. The van der Waals surface area contributed by atoms with E-state index < -0.39 is 6.61 Å². The highest BCUT2D eigenvalue weighted by atomic mass is 19.3. The first-order chi connectivity index (χ1) is 14.5. The van der Waals surface area contributed by atoms with Gasteiger partial charge in [-0.25, -0.2) is 0 Å². The Morgan fingerprint density at radius 2 is 1.73 bits per heavy atom. The lowest BCUT2D eigenvalue weighted by Crippen LogP contribution is -2.47. The molecular weight excluding hydrogens is 388 g/mol. The number of alkyl halides is 2. The number of para-hydroxylation sites is 1. The van der Waals surface area contributed by atoms with E-state index >= 15 is 0 Å². The number of nitrogens with zero attached hydrogens (tertiary/aromatic N) is 2. The van der Waals surface area contributed by atoms with Gasteiger partial charge < -0.3 is 15.0 Å². The lowest BCUT2D eigenvalue weighted by atomic mass is 10.1. The van der Waals surface area contributed by atoms with E-state index in [1.54, 1.807) is 18.2 Å². The summed E-state index contributed by atoms with van der Waals surface area (Å²) in [4.78, 5) is 17.2. The molecule has 1 amide bonds. The second kappa shape index (κ2) is 10.8. The van der Waals surface area contributed by atoms with Crippen LogP contribution in [0.4, 0.5) is 8.78 Å². The van der Waals surface area contributed by atoms with E-state index in [0.717, 1.165) is 31.7 Å². The third-order valence-corrected chi connectivity index (χ3v) is 5.10. The molecule has 7 heteroatoms. The van der Waals surface area contributed by atoms with Crippen LogP contribution in [0.15, 0.2) is 60.7 Å². The average molecular weight is 415 g/mol. The monoisotopic (exact) mass is 415 g/mol. The van der Waals surface area contributed by atoms with Gasteiger partial charge >= 0.3 is 6.61 Å². The Morgan fingerprint density at radius 1 is 1.07 bits per heavy atom. The Balaban J connectivity index is 1.68. The molecule has 0 radical (unpaired) electrons. The van der Waals surface area contributed by atoms with Crippen molar-refractivity contribution < 1.29 is 18.3 Å². The molecule has 5 nitrogen and oxygen atoms in total. The number of hydrogen-bond acceptors (Lipinski definition) is 4. The third kappa shape index (κ3) is 6.64. The minimum atomic E-state index is -2.92. The number of rotatable bonds is 8. The Kier molecular flexibility index (Phi) is 7.93. The first-order valence-corrected chi connectivity index (χ1v) is 9.99. The number of amides is 1. The summed E-state index contributed by atoms with van der Waals surface area (Å²) in [5.41, 5.74) is 1.45. The van der Waals surface area contributed by atoms with Crippen LogP contribution < -0.4 is 10.1 Å². The zero-order chi connectivity index (χ0) is 21.3. The molecule has 1 saturated heterocycles. The quantitative estimate of drug-likeness (QED) is 0.672. The number of halogens is 2. The maximum Gasteiger partial charge on any atom is 0.387 e. The highest BCUT2D eigenvalue weighted by Crippen LogP contribution is 2.22. The van der Waals surface area contributed by atoms with Gasteiger partial charge in [-0.05, 0) is 24.8 Å². The zero-order valence-electron chi connectivity index (χ0n) is 17.0. The molecule has 30 heavy (non-hydrogen) atoms. The Hall–Kier alpha value is -2.77. The summed E-state index contributed by atoms with van der Waals surface area (Å²) in [5.74, 6) is -0.251. The van der Waals surface area contributed by atoms with Crippen molar-refractivity contribution in [3.05, 3.63) is 71.8 Å². The van der Waals surface area contributed by atoms with Gasteiger partial charge in [0.1, 0.15) is 5.75 Å².